The summed E-state index contributed by atoms with van der Waals surface area (Å²) in [4.78, 5) is 30.9. The van der Waals surface area contributed by atoms with E-state index >= 15 is 0 Å². The maximum absolute atomic E-state index is 13.5. The molecule has 9 heteroatoms. The van der Waals surface area contributed by atoms with Gasteiger partial charge in [0.15, 0.2) is 11.5 Å². The van der Waals surface area contributed by atoms with Gasteiger partial charge in [-0.05, 0) is 61.2 Å². The second kappa shape index (κ2) is 16.3. The van der Waals surface area contributed by atoms with Crippen LogP contribution in [-0.4, -0.2) is 86.3 Å². The number of carbonyl (C=O) groups excluding carboxylic acids is 2. The van der Waals surface area contributed by atoms with Gasteiger partial charge in [-0.3, -0.25) is 14.5 Å². The van der Waals surface area contributed by atoms with Crippen LogP contribution in [0.2, 0.25) is 0 Å². The fraction of sp³-hybridized carbons (Fsp3) is 0.529. The van der Waals surface area contributed by atoms with E-state index in [-0.39, 0.29) is 11.3 Å². The maximum Gasteiger partial charge on any atom is 0.295 e. The Kier molecular flexibility index (Phi) is 12.3. The van der Waals surface area contributed by atoms with E-state index in [4.69, 9.17) is 18.9 Å². The van der Waals surface area contributed by atoms with Gasteiger partial charge in [0.25, 0.3) is 11.7 Å². The van der Waals surface area contributed by atoms with Crippen molar-refractivity contribution in [3.8, 4) is 17.2 Å². The molecular weight excluding hydrogens is 548 g/mol. The Morgan fingerprint density at radius 3 is 2.30 bits per heavy atom. The van der Waals surface area contributed by atoms with Gasteiger partial charge in [0.05, 0.1) is 45.2 Å². The summed E-state index contributed by atoms with van der Waals surface area (Å²) in [6, 6.07) is 11.7. The van der Waals surface area contributed by atoms with Gasteiger partial charge in [-0.15, -0.1) is 0 Å². The van der Waals surface area contributed by atoms with E-state index in [1.165, 1.54) is 0 Å². The molecule has 0 spiro atoms. The van der Waals surface area contributed by atoms with E-state index in [1.807, 2.05) is 12.1 Å². The van der Waals surface area contributed by atoms with Crippen LogP contribution in [0.3, 0.4) is 0 Å². The minimum absolute atomic E-state index is 0.0645. The number of Topliss-reactive ketones (excluding diaryl/α,β-unsaturated/α-hetero) is 1. The molecule has 0 radical (unpaired) electrons. The first-order chi connectivity index (χ1) is 21.0. The normalized spacial score (nSPS) is 18.7. The number of aliphatic hydroxyl groups excluding tert-OH is 1. The van der Waals surface area contributed by atoms with Gasteiger partial charge >= 0.3 is 0 Å². The molecule has 2 aromatic rings. The Morgan fingerprint density at radius 1 is 0.884 bits per heavy atom. The van der Waals surface area contributed by atoms with Crippen molar-refractivity contribution in [2.75, 3.05) is 59.7 Å². The Bertz CT molecular complexity index is 1240. The van der Waals surface area contributed by atoms with Crippen LogP contribution < -0.4 is 14.2 Å². The number of methoxy groups -OCH3 is 1. The van der Waals surface area contributed by atoms with Crippen molar-refractivity contribution < 1.29 is 33.6 Å². The molecule has 2 aliphatic heterocycles. The van der Waals surface area contributed by atoms with Gasteiger partial charge in [0.1, 0.15) is 11.5 Å². The van der Waals surface area contributed by atoms with Gasteiger partial charge in [-0.25, -0.2) is 0 Å². The number of nitrogens with zero attached hydrogens (tertiary/aromatic N) is 2. The lowest BCUT2D eigenvalue weighted by Gasteiger charge is -2.29. The molecule has 2 aliphatic rings. The van der Waals surface area contributed by atoms with E-state index in [1.54, 1.807) is 42.3 Å². The Hall–Kier alpha value is -3.56. The molecule has 43 heavy (non-hydrogen) atoms. The summed E-state index contributed by atoms with van der Waals surface area (Å²) in [5.74, 6) is 0.275. The van der Waals surface area contributed by atoms with E-state index in [0.717, 1.165) is 51.7 Å². The van der Waals surface area contributed by atoms with Crippen LogP contribution in [0.1, 0.15) is 69.5 Å². The summed E-state index contributed by atoms with van der Waals surface area (Å²) >= 11 is 0. The number of hydrogen-bond donors (Lipinski definition) is 1. The largest absolute Gasteiger partial charge is 0.507 e. The standard InChI is InChI=1S/C34H46N2O7/c1-4-6-8-21-43-28-15-12-26(24-29(28)40-3)31-30(32(37)25-10-13-27(14-11-25)42-20-7-5-2)33(38)34(39)36(31)17-9-16-35-18-22-41-23-19-35/h10-15,24,31,37H,4-9,16-23H2,1-3H3/b32-30+. The molecule has 0 aliphatic carbocycles. The fourth-order valence-electron chi connectivity index (χ4n) is 5.45. The number of rotatable bonds is 16. The SMILES string of the molecule is CCCCCOc1ccc(C2/C(=C(\O)c3ccc(OCCCC)cc3)C(=O)C(=O)N2CCCN2CCOCC2)cc1OC. The number of aliphatic hydroxyl groups is 1. The lowest BCUT2D eigenvalue weighted by Crippen LogP contribution is -2.39. The molecule has 2 saturated heterocycles. The van der Waals surface area contributed by atoms with Crippen LogP contribution in [-0.2, 0) is 14.3 Å². The molecule has 1 unspecified atom stereocenters. The van der Waals surface area contributed by atoms with Crippen LogP contribution in [0.15, 0.2) is 48.0 Å². The maximum atomic E-state index is 13.5. The van der Waals surface area contributed by atoms with Crippen molar-refractivity contribution in [1.29, 1.82) is 0 Å². The summed E-state index contributed by atoms with van der Waals surface area (Å²) in [6.07, 6.45) is 5.77. The highest BCUT2D eigenvalue weighted by atomic mass is 16.5. The van der Waals surface area contributed by atoms with Crippen molar-refractivity contribution in [1.82, 2.24) is 9.80 Å². The van der Waals surface area contributed by atoms with Crippen molar-refractivity contribution >= 4 is 17.4 Å². The van der Waals surface area contributed by atoms with Gasteiger partial charge < -0.3 is 29.0 Å². The van der Waals surface area contributed by atoms with Crippen molar-refractivity contribution in [2.24, 2.45) is 0 Å². The molecule has 1 amide bonds. The zero-order valence-electron chi connectivity index (χ0n) is 25.8. The van der Waals surface area contributed by atoms with E-state index in [0.29, 0.717) is 67.8 Å². The van der Waals surface area contributed by atoms with Crippen molar-refractivity contribution in [3.63, 3.8) is 0 Å². The molecule has 9 nitrogen and oxygen atoms in total. The molecule has 0 bridgehead atoms. The first kappa shape index (κ1) is 32.4. The molecule has 1 N–H and O–H groups in total. The molecule has 2 heterocycles. The molecule has 1 atom stereocenters. The summed E-state index contributed by atoms with van der Waals surface area (Å²) in [6.45, 7) is 9.65. The number of ketones is 1. The summed E-state index contributed by atoms with van der Waals surface area (Å²) in [7, 11) is 1.57. The van der Waals surface area contributed by atoms with E-state index in [2.05, 4.69) is 18.7 Å². The zero-order valence-corrected chi connectivity index (χ0v) is 25.8. The highest BCUT2D eigenvalue weighted by Gasteiger charge is 2.46. The van der Waals surface area contributed by atoms with Crippen molar-refractivity contribution in [2.45, 2.75) is 58.4 Å². The zero-order chi connectivity index (χ0) is 30.6. The summed E-state index contributed by atoms with van der Waals surface area (Å²) < 4.78 is 22.9. The van der Waals surface area contributed by atoms with Crippen LogP contribution >= 0.6 is 0 Å². The first-order valence-electron chi connectivity index (χ1n) is 15.6. The van der Waals surface area contributed by atoms with E-state index < -0.39 is 17.7 Å². The predicted octanol–water partition coefficient (Wildman–Crippen LogP) is 5.59. The predicted molar refractivity (Wildman–Crippen MR) is 166 cm³/mol. The molecule has 4 rings (SSSR count). The summed E-state index contributed by atoms with van der Waals surface area (Å²) in [5.41, 5.74) is 1.18. The molecular formula is C34H46N2O7. The lowest BCUT2D eigenvalue weighted by atomic mass is 9.95. The first-order valence-corrected chi connectivity index (χ1v) is 15.6. The molecule has 2 aromatic carbocycles. The molecule has 0 saturated carbocycles. The highest BCUT2D eigenvalue weighted by Crippen LogP contribution is 2.42. The number of unbranched alkanes of at least 4 members (excludes halogenated alkanes) is 3. The second-order valence-corrected chi connectivity index (χ2v) is 11.0. The third-order valence-electron chi connectivity index (χ3n) is 7.92. The van der Waals surface area contributed by atoms with Gasteiger partial charge in [0.2, 0.25) is 0 Å². The average Bonchev–Trinajstić information content (AvgIpc) is 3.29. The monoisotopic (exact) mass is 594 g/mol. The Balaban J connectivity index is 1.65. The highest BCUT2D eigenvalue weighted by molar-refractivity contribution is 6.46. The summed E-state index contributed by atoms with van der Waals surface area (Å²) in [5, 5.41) is 11.5. The quantitative estimate of drug-likeness (QED) is 0.116. The number of ether oxygens (including phenoxy) is 4. The minimum Gasteiger partial charge on any atom is -0.507 e. The van der Waals surface area contributed by atoms with Crippen LogP contribution in [0, 0.1) is 0 Å². The second-order valence-electron chi connectivity index (χ2n) is 11.0. The smallest absolute Gasteiger partial charge is 0.295 e. The minimum atomic E-state index is -0.770. The number of morpholine rings is 1. The average molecular weight is 595 g/mol. The van der Waals surface area contributed by atoms with Gasteiger partial charge in [-0.1, -0.05) is 39.2 Å². The molecule has 0 aromatic heterocycles. The number of likely N-dealkylation sites (tertiary alicyclic amines) is 1. The lowest BCUT2D eigenvalue weighted by molar-refractivity contribution is -0.140. The van der Waals surface area contributed by atoms with Crippen molar-refractivity contribution in [3.05, 3.63) is 59.2 Å². The topological polar surface area (TPSA) is 97.8 Å². The van der Waals surface area contributed by atoms with Crippen LogP contribution in [0.5, 0.6) is 17.2 Å². The van der Waals surface area contributed by atoms with Crippen LogP contribution in [0.25, 0.3) is 5.76 Å². The van der Waals surface area contributed by atoms with Crippen LogP contribution in [0.4, 0.5) is 0 Å². The molecule has 2 fully saturated rings. The Labute approximate surface area is 255 Å². The van der Waals surface area contributed by atoms with E-state index in [9.17, 15) is 14.7 Å². The number of amides is 1. The number of carbonyl (C=O) groups is 2. The molecule has 234 valence electrons. The van der Waals surface area contributed by atoms with Gasteiger partial charge in [-0.2, -0.15) is 0 Å². The third-order valence-corrected chi connectivity index (χ3v) is 7.92. The fourth-order valence-corrected chi connectivity index (χ4v) is 5.45. The number of benzene rings is 2. The Morgan fingerprint density at radius 2 is 1.60 bits per heavy atom. The van der Waals surface area contributed by atoms with Gasteiger partial charge in [0, 0.05) is 31.7 Å². The third kappa shape index (κ3) is 8.30. The number of hydrogen-bond acceptors (Lipinski definition) is 8.